The second kappa shape index (κ2) is 5.41. The summed E-state index contributed by atoms with van der Waals surface area (Å²) in [6.45, 7) is 4.33. The Balaban J connectivity index is 1.79. The van der Waals surface area contributed by atoms with Gasteiger partial charge in [-0.05, 0) is 49.8 Å². The molecule has 1 atom stereocenters. The normalized spacial score (nSPS) is 17.6. The Labute approximate surface area is 123 Å². The van der Waals surface area contributed by atoms with Crippen LogP contribution < -0.4 is 5.32 Å². The topological polar surface area (TPSA) is 29.1 Å². The molecule has 0 aliphatic heterocycles. The molecule has 1 aliphatic rings. The molecule has 0 unspecified atom stereocenters. The number of anilines is 1. The first-order chi connectivity index (χ1) is 9.63. The fourth-order valence-corrected chi connectivity index (χ4v) is 3.95. The molecule has 2 nitrogen and oxygen atoms in total. The maximum atomic E-state index is 12.4. The molecule has 3 rings (SSSR count). The molecule has 1 aliphatic carbocycles. The van der Waals surface area contributed by atoms with Gasteiger partial charge in [0.15, 0.2) is 0 Å². The maximum absolute atomic E-state index is 12.4. The van der Waals surface area contributed by atoms with Gasteiger partial charge in [0.25, 0.3) is 5.91 Å². The van der Waals surface area contributed by atoms with Gasteiger partial charge in [-0.15, -0.1) is 11.3 Å². The molecule has 20 heavy (non-hydrogen) atoms. The van der Waals surface area contributed by atoms with Crippen molar-refractivity contribution < 1.29 is 4.79 Å². The van der Waals surface area contributed by atoms with Gasteiger partial charge in [0, 0.05) is 15.9 Å². The number of fused-ring (bicyclic) bond motifs is 1. The van der Waals surface area contributed by atoms with Crippen LogP contribution in [0.4, 0.5) is 5.69 Å². The molecule has 1 N–H and O–H groups in total. The van der Waals surface area contributed by atoms with E-state index in [1.54, 1.807) is 11.3 Å². The zero-order valence-electron chi connectivity index (χ0n) is 11.9. The molecular formula is C17H19NOS. The van der Waals surface area contributed by atoms with E-state index in [2.05, 4.69) is 12.2 Å². The van der Waals surface area contributed by atoms with Crippen LogP contribution in [0.15, 0.2) is 29.6 Å². The first kappa shape index (κ1) is 13.4. The van der Waals surface area contributed by atoms with E-state index in [9.17, 15) is 4.79 Å². The zero-order chi connectivity index (χ0) is 14.1. The number of carbonyl (C=O) groups is 1. The van der Waals surface area contributed by atoms with Gasteiger partial charge < -0.3 is 5.32 Å². The van der Waals surface area contributed by atoms with E-state index in [4.69, 9.17) is 0 Å². The van der Waals surface area contributed by atoms with Crippen LogP contribution in [0.2, 0.25) is 0 Å². The average Bonchev–Trinajstić information content (AvgIpc) is 2.84. The summed E-state index contributed by atoms with van der Waals surface area (Å²) in [5.74, 6) is 0.773. The van der Waals surface area contributed by atoms with Crippen LogP contribution in [0.1, 0.15) is 39.7 Å². The smallest absolute Gasteiger partial charge is 0.256 e. The molecular weight excluding hydrogens is 266 g/mol. The minimum atomic E-state index is 0.0286. The lowest BCUT2D eigenvalue weighted by Crippen LogP contribution is -2.16. The summed E-state index contributed by atoms with van der Waals surface area (Å²) in [5, 5.41) is 5.02. The summed E-state index contributed by atoms with van der Waals surface area (Å²) in [7, 11) is 0. The molecule has 0 fully saturated rings. The summed E-state index contributed by atoms with van der Waals surface area (Å²) in [6, 6.07) is 7.93. The molecule has 3 heteroatoms. The number of rotatable bonds is 2. The molecule has 0 saturated carbocycles. The van der Waals surface area contributed by atoms with Gasteiger partial charge in [0.2, 0.25) is 0 Å². The van der Waals surface area contributed by atoms with E-state index < -0.39 is 0 Å². The van der Waals surface area contributed by atoms with Crippen LogP contribution in [-0.2, 0) is 12.8 Å². The van der Waals surface area contributed by atoms with Crippen LogP contribution in [0.25, 0.3) is 0 Å². The Morgan fingerprint density at radius 3 is 2.80 bits per heavy atom. The van der Waals surface area contributed by atoms with Gasteiger partial charge in [-0.3, -0.25) is 4.79 Å². The van der Waals surface area contributed by atoms with E-state index in [0.717, 1.165) is 30.0 Å². The number of nitrogens with one attached hydrogen (secondary N) is 1. The van der Waals surface area contributed by atoms with Crippen LogP contribution in [0.3, 0.4) is 0 Å². The summed E-state index contributed by atoms with van der Waals surface area (Å²) in [6.07, 6.45) is 3.35. The third-order valence-electron chi connectivity index (χ3n) is 3.96. The fourth-order valence-electron chi connectivity index (χ4n) is 2.70. The number of amides is 1. The third kappa shape index (κ3) is 2.63. The van der Waals surface area contributed by atoms with E-state index in [0.29, 0.717) is 0 Å². The molecule has 1 amide bonds. The minimum Gasteiger partial charge on any atom is -0.322 e. The number of hydrogen-bond donors (Lipinski definition) is 1. The first-order valence-electron chi connectivity index (χ1n) is 7.10. The highest BCUT2D eigenvalue weighted by molar-refractivity contribution is 7.10. The Hall–Kier alpha value is -1.61. The van der Waals surface area contributed by atoms with E-state index in [1.807, 2.05) is 36.6 Å². The second-order valence-corrected chi connectivity index (χ2v) is 6.68. The molecule has 0 saturated heterocycles. The Bertz CT molecular complexity index is 627. The lowest BCUT2D eigenvalue weighted by atomic mass is 9.88. The number of benzene rings is 1. The number of hydrogen-bond acceptors (Lipinski definition) is 2. The standard InChI is InChI=1S/C17H19NOS/c1-11-3-6-13(7-4-11)18-17(19)15-10-20-16-9-12(2)5-8-14(15)16/h3-4,6-7,10,12H,5,8-9H2,1-2H3,(H,18,19)/t12-/m0/s1. The van der Waals surface area contributed by atoms with Crippen molar-refractivity contribution >= 4 is 22.9 Å². The molecule has 0 radical (unpaired) electrons. The van der Waals surface area contributed by atoms with E-state index >= 15 is 0 Å². The van der Waals surface area contributed by atoms with Crippen molar-refractivity contribution in [1.29, 1.82) is 0 Å². The molecule has 0 bridgehead atoms. The second-order valence-electron chi connectivity index (χ2n) is 5.72. The Morgan fingerprint density at radius 2 is 2.05 bits per heavy atom. The fraction of sp³-hybridized carbons (Fsp3) is 0.353. The average molecular weight is 285 g/mol. The monoisotopic (exact) mass is 285 g/mol. The first-order valence-corrected chi connectivity index (χ1v) is 7.98. The van der Waals surface area contributed by atoms with Gasteiger partial charge in [0.1, 0.15) is 0 Å². The van der Waals surface area contributed by atoms with Crippen molar-refractivity contribution in [1.82, 2.24) is 0 Å². The van der Waals surface area contributed by atoms with Crippen molar-refractivity contribution in [3.05, 3.63) is 51.2 Å². The number of thiophene rings is 1. The number of aryl methyl sites for hydroxylation is 1. The van der Waals surface area contributed by atoms with Gasteiger partial charge in [-0.2, -0.15) is 0 Å². The van der Waals surface area contributed by atoms with Crippen molar-refractivity contribution in [2.45, 2.75) is 33.1 Å². The van der Waals surface area contributed by atoms with Gasteiger partial charge in [-0.25, -0.2) is 0 Å². The van der Waals surface area contributed by atoms with Crippen LogP contribution in [-0.4, -0.2) is 5.91 Å². The largest absolute Gasteiger partial charge is 0.322 e. The Kier molecular flexibility index (Phi) is 3.62. The predicted molar refractivity (Wildman–Crippen MR) is 84.6 cm³/mol. The molecule has 2 aromatic rings. The van der Waals surface area contributed by atoms with E-state index in [-0.39, 0.29) is 5.91 Å². The van der Waals surface area contributed by atoms with Gasteiger partial charge in [0.05, 0.1) is 5.56 Å². The van der Waals surface area contributed by atoms with Gasteiger partial charge >= 0.3 is 0 Å². The molecule has 104 valence electrons. The maximum Gasteiger partial charge on any atom is 0.256 e. The highest BCUT2D eigenvalue weighted by atomic mass is 32.1. The Morgan fingerprint density at radius 1 is 1.30 bits per heavy atom. The van der Waals surface area contributed by atoms with Gasteiger partial charge in [-0.1, -0.05) is 24.6 Å². The minimum absolute atomic E-state index is 0.0286. The highest BCUT2D eigenvalue weighted by Gasteiger charge is 2.23. The number of carbonyl (C=O) groups excluding carboxylic acids is 1. The SMILES string of the molecule is Cc1ccc(NC(=O)c2csc3c2CC[C@H](C)C3)cc1. The van der Waals surface area contributed by atoms with Crippen LogP contribution in [0, 0.1) is 12.8 Å². The summed E-state index contributed by atoms with van der Waals surface area (Å²) >= 11 is 1.74. The summed E-state index contributed by atoms with van der Waals surface area (Å²) < 4.78 is 0. The zero-order valence-corrected chi connectivity index (χ0v) is 12.7. The van der Waals surface area contributed by atoms with Crippen LogP contribution in [0.5, 0.6) is 0 Å². The van der Waals surface area contributed by atoms with E-state index in [1.165, 1.54) is 22.4 Å². The summed E-state index contributed by atoms with van der Waals surface area (Å²) in [4.78, 5) is 13.8. The van der Waals surface area contributed by atoms with Crippen molar-refractivity contribution in [3.8, 4) is 0 Å². The van der Waals surface area contributed by atoms with Crippen molar-refractivity contribution in [2.24, 2.45) is 5.92 Å². The summed E-state index contributed by atoms with van der Waals surface area (Å²) in [5.41, 5.74) is 4.21. The predicted octanol–water partition coefficient (Wildman–Crippen LogP) is 4.43. The quantitative estimate of drug-likeness (QED) is 0.868. The lowest BCUT2D eigenvalue weighted by Gasteiger charge is -2.18. The molecule has 1 aromatic heterocycles. The van der Waals surface area contributed by atoms with Crippen LogP contribution >= 0.6 is 11.3 Å². The van der Waals surface area contributed by atoms with Crippen molar-refractivity contribution in [3.63, 3.8) is 0 Å². The highest BCUT2D eigenvalue weighted by Crippen LogP contribution is 2.33. The molecule has 1 heterocycles. The lowest BCUT2D eigenvalue weighted by molar-refractivity contribution is 0.102. The molecule has 0 spiro atoms. The van der Waals surface area contributed by atoms with Crippen molar-refractivity contribution in [2.75, 3.05) is 5.32 Å². The third-order valence-corrected chi connectivity index (χ3v) is 5.01. The molecule has 1 aromatic carbocycles.